The summed E-state index contributed by atoms with van der Waals surface area (Å²) in [4.78, 5) is 10.9. The number of nitrogens with one attached hydrogen (secondary N) is 1. The largest absolute Gasteiger partial charge is 0.469 e. The predicted octanol–water partition coefficient (Wildman–Crippen LogP) is 3.18. The smallest absolute Gasteiger partial charge is 0.305 e. The zero-order chi connectivity index (χ0) is 15.2. The molecule has 0 amide bonds. The molecule has 1 heterocycles. The van der Waals surface area contributed by atoms with Gasteiger partial charge >= 0.3 is 5.97 Å². The summed E-state index contributed by atoms with van der Waals surface area (Å²) < 4.78 is 31.7. The van der Waals surface area contributed by atoms with Crippen molar-refractivity contribution in [3.8, 4) is 0 Å². The summed E-state index contributed by atoms with van der Waals surface area (Å²) in [6.07, 6.45) is 2.46. The number of ether oxygens (including phenoxy) is 1. The van der Waals surface area contributed by atoms with Gasteiger partial charge in [0.05, 0.1) is 15.9 Å². The number of esters is 1. The minimum atomic E-state index is -3.51. The highest BCUT2D eigenvalue weighted by Crippen LogP contribution is 2.34. The van der Waals surface area contributed by atoms with Crippen molar-refractivity contribution in [1.82, 2.24) is 4.72 Å². The third kappa shape index (κ3) is 5.69. The van der Waals surface area contributed by atoms with Crippen LogP contribution < -0.4 is 4.72 Å². The van der Waals surface area contributed by atoms with Crippen LogP contribution in [0.25, 0.3) is 0 Å². The number of halogens is 2. The molecule has 0 aliphatic carbocycles. The zero-order valence-corrected chi connectivity index (χ0v) is 14.8. The molecule has 0 aliphatic heterocycles. The van der Waals surface area contributed by atoms with Gasteiger partial charge in [0.25, 0.3) is 0 Å². The van der Waals surface area contributed by atoms with Crippen LogP contribution in [-0.2, 0) is 19.6 Å². The number of carbonyl (C=O) groups excluding carboxylic acids is 1. The van der Waals surface area contributed by atoms with E-state index in [9.17, 15) is 13.2 Å². The Bertz CT molecular complexity index is 539. The molecule has 1 aromatic rings. The first kappa shape index (κ1) is 17.9. The Morgan fingerprint density at radius 2 is 2.15 bits per heavy atom. The standard InChI is InChI=1S/C11H15BrClNO4S2/c1-18-9(15)5-3-2-4-6-14-20(16,17)10-7-8(13)11(12)19-10/h7,14H,2-6H2,1H3. The fourth-order valence-corrected chi connectivity index (χ4v) is 4.93. The van der Waals surface area contributed by atoms with E-state index in [1.165, 1.54) is 13.2 Å². The Morgan fingerprint density at radius 1 is 1.45 bits per heavy atom. The summed E-state index contributed by atoms with van der Waals surface area (Å²) in [5.41, 5.74) is 0. The fourth-order valence-electron chi connectivity index (χ4n) is 1.41. The molecule has 5 nitrogen and oxygen atoms in total. The highest BCUT2D eigenvalue weighted by molar-refractivity contribution is 9.11. The molecular formula is C11H15BrClNO4S2. The van der Waals surface area contributed by atoms with Gasteiger partial charge in [-0.15, -0.1) is 11.3 Å². The molecule has 0 fully saturated rings. The van der Waals surface area contributed by atoms with E-state index in [-0.39, 0.29) is 10.2 Å². The quantitative estimate of drug-likeness (QED) is 0.533. The summed E-state index contributed by atoms with van der Waals surface area (Å²) in [7, 11) is -2.16. The van der Waals surface area contributed by atoms with Gasteiger partial charge in [0.1, 0.15) is 4.21 Å². The Labute approximate surface area is 135 Å². The first-order chi connectivity index (χ1) is 9.36. The highest BCUT2D eigenvalue weighted by atomic mass is 79.9. The van der Waals surface area contributed by atoms with E-state index in [2.05, 4.69) is 25.4 Å². The van der Waals surface area contributed by atoms with Crippen molar-refractivity contribution in [3.05, 3.63) is 14.9 Å². The molecule has 0 spiro atoms. The highest BCUT2D eigenvalue weighted by Gasteiger charge is 2.18. The van der Waals surface area contributed by atoms with Crippen LogP contribution in [0.15, 0.2) is 14.1 Å². The van der Waals surface area contributed by atoms with Gasteiger partial charge in [0.15, 0.2) is 0 Å². The number of thiophene rings is 1. The monoisotopic (exact) mass is 403 g/mol. The average Bonchev–Trinajstić information content (AvgIpc) is 2.74. The van der Waals surface area contributed by atoms with Crippen molar-refractivity contribution in [2.45, 2.75) is 29.9 Å². The Morgan fingerprint density at radius 3 is 2.70 bits per heavy atom. The minimum Gasteiger partial charge on any atom is -0.469 e. The molecule has 1 N–H and O–H groups in total. The number of rotatable bonds is 8. The summed E-state index contributed by atoms with van der Waals surface area (Å²) in [6.45, 7) is 0.330. The molecule has 114 valence electrons. The number of sulfonamides is 1. The molecule has 0 saturated heterocycles. The van der Waals surface area contributed by atoms with Crippen molar-refractivity contribution in [2.75, 3.05) is 13.7 Å². The van der Waals surface area contributed by atoms with Gasteiger partial charge in [-0.25, -0.2) is 13.1 Å². The number of carbonyl (C=O) groups is 1. The van der Waals surface area contributed by atoms with Crippen LogP contribution in [0.2, 0.25) is 5.02 Å². The van der Waals surface area contributed by atoms with Gasteiger partial charge in [-0.3, -0.25) is 4.79 Å². The third-order valence-electron chi connectivity index (χ3n) is 2.46. The second-order valence-electron chi connectivity index (χ2n) is 3.97. The van der Waals surface area contributed by atoms with Gasteiger partial charge in [-0.1, -0.05) is 18.0 Å². The maximum absolute atomic E-state index is 11.9. The summed E-state index contributed by atoms with van der Waals surface area (Å²) in [6, 6.07) is 1.41. The molecule has 0 aliphatic rings. The maximum Gasteiger partial charge on any atom is 0.305 e. The molecule has 0 atom stereocenters. The Balaban J connectivity index is 2.32. The first-order valence-corrected chi connectivity index (χ1v) is 9.35. The molecule has 0 bridgehead atoms. The second kappa shape index (κ2) is 8.33. The van der Waals surface area contributed by atoms with E-state index in [4.69, 9.17) is 11.6 Å². The van der Waals surface area contributed by atoms with E-state index < -0.39 is 10.0 Å². The molecule has 20 heavy (non-hydrogen) atoms. The van der Waals surface area contributed by atoms with Crippen LogP contribution in [0.3, 0.4) is 0 Å². The molecule has 9 heteroatoms. The van der Waals surface area contributed by atoms with Gasteiger partial charge in [0, 0.05) is 13.0 Å². The van der Waals surface area contributed by atoms with Gasteiger partial charge in [-0.2, -0.15) is 0 Å². The van der Waals surface area contributed by atoms with E-state index in [0.29, 0.717) is 34.6 Å². The van der Waals surface area contributed by atoms with Crippen molar-refractivity contribution in [2.24, 2.45) is 0 Å². The number of hydrogen-bond acceptors (Lipinski definition) is 5. The molecule has 0 saturated carbocycles. The number of hydrogen-bond donors (Lipinski definition) is 1. The van der Waals surface area contributed by atoms with E-state index >= 15 is 0 Å². The number of unbranched alkanes of at least 4 members (excludes halogenated alkanes) is 2. The van der Waals surface area contributed by atoms with Crippen molar-refractivity contribution < 1.29 is 17.9 Å². The van der Waals surface area contributed by atoms with Crippen LogP contribution in [0.5, 0.6) is 0 Å². The normalized spacial score (nSPS) is 11.6. The molecular weight excluding hydrogens is 390 g/mol. The Hall–Kier alpha value is -0.150. The number of methoxy groups -OCH3 is 1. The topological polar surface area (TPSA) is 72.5 Å². The molecule has 1 rings (SSSR count). The van der Waals surface area contributed by atoms with E-state index in [0.717, 1.165) is 17.8 Å². The average molecular weight is 405 g/mol. The molecule has 0 aromatic carbocycles. The summed E-state index contributed by atoms with van der Waals surface area (Å²) in [5.74, 6) is -0.247. The van der Waals surface area contributed by atoms with Crippen LogP contribution in [0.1, 0.15) is 25.7 Å². The van der Waals surface area contributed by atoms with Crippen molar-refractivity contribution in [3.63, 3.8) is 0 Å². The summed E-state index contributed by atoms with van der Waals surface area (Å²) >= 11 is 10.1. The van der Waals surface area contributed by atoms with E-state index in [1.807, 2.05) is 0 Å². The predicted molar refractivity (Wildman–Crippen MR) is 82.7 cm³/mol. The lowest BCUT2D eigenvalue weighted by atomic mass is 10.2. The third-order valence-corrected chi connectivity index (χ3v) is 6.87. The molecule has 0 unspecified atom stereocenters. The second-order valence-corrected chi connectivity index (χ2v) is 8.74. The van der Waals surface area contributed by atoms with Crippen LogP contribution >= 0.6 is 38.9 Å². The van der Waals surface area contributed by atoms with Crippen LogP contribution in [-0.4, -0.2) is 28.0 Å². The van der Waals surface area contributed by atoms with Gasteiger partial charge in [-0.05, 0) is 34.8 Å². The zero-order valence-electron chi connectivity index (χ0n) is 10.8. The minimum absolute atomic E-state index is 0.184. The van der Waals surface area contributed by atoms with E-state index in [1.54, 1.807) is 0 Å². The van der Waals surface area contributed by atoms with Crippen LogP contribution in [0.4, 0.5) is 0 Å². The maximum atomic E-state index is 11.9. The first-order valence-electron chi connectivity index (χ1n) is 5.88. The lowest BCUT2D eigenvalue weighted by Gasteiger charge is -2.04. The van der Waals surface area contributed by atoms with Crippen LogP contribution in [0, 0.1) is 0 Å². The van der Waals surface area contributed by atoms with Gasteiger partial charge in [0.2, 0.25) is 10.0 Å². The lowest BCUT2D eigenvalue weighted by Crippen LogP contribution is -2.24. The van der Waals surface area contributed by atoms with Crippen molar-refractivity contribution >= 4 is 54.9 Å². The summed E-state index contributed by atoms with van der Waals surface area (Å²) in [5, 5.41) is 0.383. The fraction of sp³-hybridized carbons (Fsp3) is 0.545. The SMILES string of the molecule is COC(=O)CCCCCNS(=O)(=O)c1cc(Cl)c(Br)s1. The Kier molecular flexibility index (Phi) is 7.46. The lowest BCUT2D eigenvalue weighted by molar-refractivity contribution is -0.140. The van der Waals surface area contributed by atoms with Crippen molar-refractivity contribution in [1.29, 1.82) is 0 Å². The van der Waals surface area contributed by atoms with Gasteiger partial charge < -0.3 is 4.74 Å². The molecule has 0 radical (unpaired) electrons. The molecule has 1 aromatic heterocycles.